The summed E-state index contributed by atoms with van der Waals surface area (Å²) >= 11 is 0. The van der Waals surface area contributed by atoms with Crippen molar-refractivity contribution in [1.82, 2.24) is 0 Å². The van der Waals surface area contributed by atoms with E-state index in [1.807, 2.05) is 0 Å². The maximum absolute atomic E-state index is 3.79. The van der Waals surface area contributed by atoms with Crippen molar-refractivity contribution < 1.29 is 0 Å². The van der Waals surface area contributed by atoms with Crippen molar-refractivity contribution in [3.05, 3.63) is 12.7 Å². The van der Waals surface area contributed by atoms with Crippen LogP contribution in [0, 0.1) is 11.8 Å². The molecule has 0 spiro atoms. The summed E-state index contributed by atoms with van der Waals surface area (Å²) in [5.41, 5.74) is 0. The molecule has 0 bridgehead atoms. The number of hydrogen-bond donors (Lipinski definition) is 0. The van der Waals surface area contributed by atoms with E-state index in [0.29, 0.717) is 0 Å². The molecule has 0 amide bonds. The molecule has 1 aliphatic rings. The lowest BCUT2D eigenvalue weighted by atomic mass is 9.82. The average Bonchev–Trinajstić information content (AvgIpc) is 2.06. The number of allylic oxidation sites excluding steroid dienone is 1. The third-order valence-corrected chi connectivity index (χ3v) is 3.03. The Kier molecular flexibility index (Phi) is 4.42. The fraction of sp³-hybridized carbons (Fsp3) is 0.833. The van der Waals surface area contributed by atoms with Crippen molar-refractivity contribution in [2.45, 2.75) is 51.9 Å². The van der Waals surface area contributed by atoms with Gasteiger partial charge in [0.05, 0.1) is 0 Å². The van der Waals surface area contributed by atoms with E-state index in [2.05, 4.69) is 19.6 Å². The minimum absolute atomic E-state index is 0.866. The largest absolute Gasteiger partial charge is 0.103 e. The fourth-order valence-corrected chi connectivity index (χ4v) is 2.37. The van der Waals surface area contributed by atoms with Gasteiger partial charge in [0.25, 0.3) is 0 Å². The van der Waals surface area contributed by atoms with Gasteiger partial charge in [-0.15, -0.1) is 6.58 Å². The lowest BCUT2D eigenvalue weighted by molar-refractivity contribution is 0.297. The van der Waals surface area contributed by atoms with Crippen LogP contribution in [0.5, 0.6) is 0 Å². The molecule has 1 saturated carbocycles. The summed E-state index contributed by atoms with van der Waals surface area (Å²) < 4.78 is 0. The third-order valence-electron chi connectivity index (χ3n) is 3.03. The van der Waals surface area contributed by atoms with Gasteiger partial charge in [-0.1, -0.05) is 45.1 Å². The SMILES string of the molecule is C=CC[C@@H](C)CC1CCCCC1. The van der Waals surface area contributed by atoms with Crippen LogP contribution < -0.4 is 0 Å². The Morgan fingerprint density at radius 2 is 2.00 bits per heavy atom. The Bertz CT molecular complexity index is 120. The summed E-state index contributed by atoms with van der Waals surface area (Å²) in [5, 5.41) is 0. The summed E-state index contributed by atoms with van der Waals surface area (Å²) in [4.78, 5) is 0. The second-order valence-corrected chi connectivity index (χ2v) is 4.37. The normalized spacial score (nSPS) is 22.1. The summed E-state index contributed by atoms with van der Waals surface area (Å²) in [5.74, 6) is 1.90. The van der Waals surface area contributed by atoms with E-state index in [0.717, 1.165) is 11.8 Å². The highest BCUT2D eigenvalue weighted by molar-refractivity contribution is 4.74. The molecule has 0 radical (unpaired) electrons. The van der Waals surface area contributed by atoms with E-state index in [1.165, 1.54) is 44.9 Å². The zero-order valence-electron chi connectivity index (χ0n) is 8.39. The van der Waals surface area contributed by atoms with Crippen LogP contribution >= 0.6 is 0 Å². The van der Waals surface area contributed by atoms with Crippen LogP contribution in [-0.4, -0.2) is 0 Å². The van der Waals surface area contributed by atoms with Crippen LogP contribution in [0.4, 0.5) is 0 Å². The molecule has 0 saturated heterocycles. The standard InChI is InChI=1S/C12H22/c1-3-7-11(2)10-12-8-5-4-6-9-12/h3,11-12H,1,4-10H2,2H3/t11-/m1/s1. The molecule has 0 aromatic rings. The lowest BCUT2D eigenvalue weighted by Crippen LogP contribution is -2.10. The highest BCUT2D eigenvalue weighted by Crippen LogP contribution is 2.29. The first-order valence-electron chi connectivity index (χ1n) is 5.44. The first-order valence-corrected chi connectivity index (χ1v) is 5.44. The van der Waals surface area contributed by atoms with Gasteiger partial charge in [-0.25, -0.2) is 0 Å². The zero-order valence-corrected chi connectivity index (χ0v) is 8.39. The highest BCUT2D eigenvalue weighted by atomic mass is 14.2. The van der Waals surface area contributed by atoms with Gasteiger partial charge in [0.2, 0.25) is 0 Å². The molecule has 12 heavy (non-hydrogen) atoms. The van der Waals surface area contributed by atoms with Crippen LogP contribution in [0.2, 0.25) is 0 Å². The maximum Gasteiger partial charge on any atom is -0.0327 e. The second kappa shape index (κ2) is 5.40. The Hall–Kier alpha value is -0.260. The van der Waals surface area contributed by atoms with Crippen LogP contribution in [-0.2, 0) is 0 Å². The molecule has 1 rings (SSSR count). The van der Waals surface area contributed by atoms with Crippen molar-refractivity contribution in [2.75, 3.05) is 0 Å². The van der Waals surface area contributed by atoms with E-state index >= 15 is 0 Å². The monoisotopic (exact) mass is 166 g/mol. The van der Waals surface area contributed by atoms with Crippen molar-refractivity contribution >= 4 is 0 Å². The Morgan fingerprint density at radius 1 is 1.33 bits per heavy atom. The summed E-state index contributed by atoms with van der Waals surface area (Å²) in [6.07, 6.45) is 12.1. The van der Waals surface area contributed by atoms with E-state index in [9.17, 15) is 0 Å². The van der Waals surface area contributed by atoms with Gasteiger partial charge in [0.15, 0.2) is 0 Å². The molecule has 0 unspecified atom stereocenters. The zero-order chi connectivity index (χ0) is 8.81. The molecule has 0 heterocycles. The van der Waals surface area contributed by atoms with Crippen LogP contribution in [0.3, 0.4) is 0 Å². The fourth-order valence-electron chi connectivity index (χ4n) is 2.37. The van der Waals surface area contributed by atoms with Crippen molar-refractivity contribution in [1.29, 1.82) is 0 Å². The second-order valence-electron chi connectivity index (χ2n) is 4.37. The average molecular weight is 166 g/mol. The molecule has 0 aromatic heterocycles. The van der Waals surface area contributed by atoms with Crippen molar-refractivity contribution in [2.24, 2.45) is 11.8 Å². The Morgan fingerprint density at radius 3 is 2.58 bits per heavy atom. The summed E-state index contributed by atoms with van der Waals surface area (Å²) in [7, 11) is 0. The van der Waals surface area contributed by atoms with Crippen molar-refractivity contribution in [3.8, 4) is 0 Å². The molecule has 0 heteroatoms. The van der Waals surface area contributed by atoms with Crippen LogP contribution in [0.1, 0.15) is 51.9 Å². The molecule has 0 N–H and O–H groups in total. The minimum atomic E-state index is 0.866. The first-order chi connectivity index (χ1) is 5.83. The van der Waals surface area contributed by atoms with Gasteiger partial charge in [0, 0.05) is 0 Å². The van der Waals surface area contributed by atoms with Gasteiger partial charge in [0.1, 0.15) is 0 Å². The molecule has 0 aromatic carbocycles. The topological polar surface area (TPSA) is 0 Å². The van der Waals surface area contributed by atoms with E-state index < -0.39 is 0 Å². The predicted octanol–water partition coefficient (Wildman–Crippen LogP) is 4.17. The molecule has 0 nitrogen and oxygen atoms in total. The molecular formula is C12H22. The van der Waals surface area contributed by atoms with E-state index in [1.54, 1.807) is 0 Å². The van der Waals surface area contributed by atoms with Gasteiger partial charge in [-0.05, 0) is 24.7 Å². The minimum Gasteiger partial charge on any atom is -0.103 e. The summed E-state index contributed by atoms with van der Waals surface area (Å²) in [6, 6.07) is 0. The molecule has 1 atom stereocenters. The lowest BCUT2D eigenvalue weighted by Gasteiger charge is -2.23. The molecule has 1 aliphatic carbocycles. The number of rotatable bonds is 4. The van der Waals surface area contributed by atoms with Gasteiger partial charge in [-0.2, -0.15) is 0 Å². The van der Waals surface area contributed by atoms with Crippen LogP contribution in [0.25, 0.3) is 0 Å². The smallest absolute Gasteiger partial charge is 0.0327 e. The van der Waals surface area contributed by atoms with Gasteiger partial charge in [-0.3, -0.25) is 0 Å². The van der Waals surface area contributed by atoms with Gasteiger partial charge >= 0.3 is 0 Å². The quantitative estimate of drug-likeness (QED) is 0.550. The molecule has 0 aliphatic heterocycles. The van der Waals surface area contributed by atoms with Crippen molar-refractivity contribution in [3.63, 3.8) is 0 Å². The number of hydrogen-bond acceptors (Lipinski definition) is 0. The van der Waals surface area contributed by atoms with E-state index in [-0.39, 0.29) is 0 Å². The summed E-state index contributed by atoms with van der Waals surface area (Å²) in [6.45, 7) is 6.15. The first kappa shape index (κ1) is 9.83. The molecule has 1 fully saturated rings. The molecule has 70 valence electrons. The highest BCUT2D eigenvalue weighted by Gasteiger charge is 2.15. The third kappa shape index (κ3) is 3.42. The Balaban J connectivity index is 2.15. The van der Waals surface area contributed by atoms with E-state index in [4.69, 9.17) is 0 Å². The van der Waals surface area contributed by atoms with Gasteiger partial charge < -0.3 is 0 Å². The predicted molar refractivity (Wildman–Crippen MR) is 55.2 cm³/mol. The maximum atomic E-state index is 3.79. The Labute approximate surface area is 77.1 Å². The molecular weight excluding hydrogens is 144 g/mol. The van der Waals surface area contributed by atoms with Crippen LogP contribution in [0.15, 0.2) is 12.7 Å².